The lowest BCUT2D eigenvalue weighted by atomic mass is 10.4. The van der Waals surface area contributed by atoms with E-state index in [1.807, 2.05) is 0 Å². The Hall–Kier alpha value is 0.350. The van der Waals surface area contributed by atoms with Crippen LogP contribution in [0.1, 0.15) is 12.8 Å². The molecule has 0 aliphatic heterocycles. The van der Waals surface area contributed by atoms with Gasteiger partial charge < -0.3 is 0 Å². The minimum atomic E-state index is 0.865. The summed E-state index contributed by atoms with van der Waals surface area (Å²) in [6, 6.07) is 0. The van der Waals surface area contributed by atoms with Gasteiger partial charge in [0, 0.05) is 5.75 Å². The maximum absolute atomic E-state index is 4.61. The Bertz CT molecular complexity index is 11.1. The van der Waals surface area contributed by atoms with Gasteiger partial charge >= 0.3 is 0 Å². The maximum atomic E-state index is 4.61. The van der Waals surface area contributed by atoms with Crippen LogP contribution in [0.4, 0.5) is 0 Å². The molecule has 1 heteroatoms. The van der Waals surface area contributed by atoms with Gasteiger partial charge in [-0.1, -0.05) is 26.0 Å². The van der Waals surface area contributed by atoms with Crippen LogP contribution < -0.4 is 0 Å². The Labute approximate surface area is 39.0 Å². The lowest BCUT2D eigenvalue weighted by Gasteiger charge is -1.77. The second-order valence-corrected chi connectivity index (χ2v) is 1.32. The van der Waals surface area contributed by atoms with Crippen LogP contribution in [0.2, 0.25) is 0 Å². The predicted octanol–water partition coefficient (Wildman–Crippen LogP) is 1.80. The van der Waals surface area contributed by atoms with Crippen molar-refractivity contribution in [3.05, 3.63) is 6.92 Å². The largest absolute Gasteiger partial charge is 0.0942 e. The molecule has 0 aliphatic carbocycles. The number of hydrogen-bond acceptors (Lipinski definition) is 0. The predicted molar refractivity (Wildman–Crippen MR) is 27.0 cm³/mol. The van der Waals surface area contributed by atoms with Crippen LogP contribution in [0.25, 0.3) is 0 Å². The first kappa shape index (κ1) is 5.35. The third-order valence-electron chi connectivity index (χ3n) is 0.394. The second kappa shape index (κ2) is 4.35. The van der Waals surface area contributed by atoms with Crippen molar-refractivity contribution >= 4 is 12.6 Å². The van der Waals surface area contributed by atoms with Crippen LogP contribution in [-0.2, 0) is 0 Å². The topological polar surface area (TPSA) is 0 Å². The summed E-state index contributed by atoms with van der Waals surface area (Å²) in [5.74, 6) is 0.865. The summed E-state index contributed by atoms with van der Waals surface area (Å²) in [5, 5.41) is 0. The van der Waals surface area contributed by atoms with E-state index in [1.165, 1.54) is 0 Å². The summed E-state index contributed by atoms with van der Waals surface area (Å²) >= 11 is 4.61. The van der Waals surface area contributed by atoms with Gasteiger partial charge in [0.25, 0.3) is 0 Å². The van der Waals surface area contributed by atoms with Crippen LogP contribution in [0.15, 0.2) is 0 Å². The van der Waals surface area contributed by atoms with E-state index in [0.717, 1.165) is 18.6 Å². The van der Waals surface area contributed by atoms with Crippen LogP contribution in [-0.4, -0.2) is 5.75 Å². The molecule has 0 aromatic rings. The summed E-state index contributed by atoms with van der Waals surface area (Å²) in [7, 11) is 0. The SMILES string of the molecule is [CH2]CCC[S]. The smallest absolute Gasteiger partial charge is 0.00369 e. The van der Waals surface area contributed by atoms with Crippen LogP contribution >= 0.6 is 12.6 Å². The van der Waals surface area contributed by atoms with E-state index in [2.05, 4.69) is 19.6 Å². The minimum Gasteiger partial charge on any atom is -0.0942 e. The molecule has 0 fully saturated rings. The van der Waals surface area contributed by atoms with E-state index in [-0.39, 0.29) is 0 Å². The molecule has 0 nitrogen and oxygen atoms in total. The Morgan fingerprint density at radius 1 is 1.60 bits per heavy atom. The molecule has 0 bridgehead atoms. The van der Waals surface area contributed by atoms with Gasteiger partial charge in [0.1, 0.15) is 0 Å². The highest BCUT2D eigenvalue weighted by atomic mass is 32.1. The molecule has 0 aromatic carbocycles. The third kappa shape index (κ3) is 4.35. The van der Waals surface area contributed by atoms with Gasteiger partial charge in [0.2, 0.25) is 0 Å². The van der Waals surface area contributed by atoms with Gasteiger partial charge in [0.15, 0.2) is 0 Å². The summed E-state index contributed by atoms with van der Waals surface area (Å²) in [6.07, 6.45) is 2.08. The number of unbranched alkanes of at least 4 members (excludes halogenated alkanes) is 1. The molecule has 0 rings (SSSR count). The van der Waals surface area contributed by atoms with Gasteiger partial charge in [-0.05, 0) is 6.42 Å². The van der Waals surface area contributed by atoms with Crippen molar-refractivity contribution in [2.75, 3.05) is 5.75 Å². The number of rotatable bonds is 2. The molecule has 0 amide bonds. The average Bonchev–Trinajstić information content (AvgIpc) is 1.41. The molecular weight excluding hydrogens is 80.1 g/mol. The fourth-order valence-electron chi connectivity index (χ4n) is 0.102. The molecular formula is C4H8S. The monoisotopic (exact) mass is 88.0 g/mol. The summed E-state index contributed by atoms with van der Waals surface area (Å²) in [5.41, 5.74) is 0. The highest BCUT2D eigenvalue weighted by Gasteiger charge is 1.70. The van der Waals surface area contributed by atoms with Crippen molar-refractivity contribution < 1.29 is 0 Å². The standard InChI is InChI=1S/C4H8S/c1-2-3-4-5/h1-4H2. The third-order valence-corrected chi connectivity index (χ3v) is 0.683. The van der Waals surface area contributed by atoms with Crippen molar-refractivity contribution in [3.63, 3.8) is 0 Å². The average molecular weight is 88.2 g/mol. The second-order valence-electron chi connectivity index (χ2n) is 0.911. The van der Waals surface area contributed by atoms with Crippen molar-refractivity contribution in [2.45, 2.75) is 12.8 Å². The Morgan fingerprint density at radius 3 is 2.20 bits per heavy atom. The lowest BCUT2D eigenvalue weighted by molar-refractivity contribution is 0.973. The summed E-state index contributed by atoms with van der Waals surface area (Å²) < 4.78 is 0. The van der Waals surface area contributed by atoms with Gasteiger partial charge in [-0.25, -0.2) is 0 Å². The first-order chi connectivity index (χ1) is 2.41. The van der Waals surface area contributed by atoms with Crippen molar-refractivity contribution in [2.24, 2.45) is 0 Å². The Morgan fingerprint density at radius 2 is 2.20 bits per heavy atom. The molecule has 2 radical (unpaired) electrons. The highest BCUT2D eigenvalue weighted by molar-refractivity contribution is 7.80. The summed E-state index contributed by atoms with van der Waals surface area (Å²) in [4.78, 5) is 0. The molecule has 0 N–H and O–H groups in total. The van der Waals surface area contributed by atoms with Gasteiger partial charge in [-0.2, -0.15) is 0 Å². The van der Waals surface area contributed by atoms with E-state index in [1.54, 1.807) is 0 Å². The first-order valence-corrected chi connectivity index (χ1v) is 2.37. The van der Waals surface area contributed by atoms with Gasteiger partial charge in [0.05, 0.1) is 0 Å². The normalized spacial score (nSPS) is 8.40. The molecule has 5 heavy (non-hydrogen) atoms. The molecule has 0 atom stereocenters. The zero-order valence-electron chi connectivity index (χ0n) is 3.24. The fourth-order valence-corrected chi connectivity index (χ4v) is 0.306. The van der Waals surface area contributed by atoms with Crippen molar-refractivity contribution in [1.82, 2.24) is 0 Å². The molecule has 30 valence electrons. The van der Waals surface area contributed by atoms with Crippen LogP contribution in [0, 0.1) is 6.92 Å². The maximum Gasteiger partial charge on any atom is 0.00369 e. The zero-order valence-corrected chi connectivity index (χ0v) is 4.05. The van der Waals surface area contributed by atoms with E-state index in [0.29, 0.717) is 0 Å². The van der Waals surface area contributed by atoms with E-state index in [4.69, 9.17) is 0 Å². The highest BCUT2D eigenvalue weighted by Crippen LogP contribution is 1.85. The lowest BCUT2D eigenvalue weighted by Crippen LogP contribution is -1.65. The quantitative estimate of drug-likeness (QED) is 0.483. The minimum absolute atomic E-state index is 0.865. The van der Waals surface area contributed by atoms with E-state index in [9.17, 15) is 0 Å². The molecule has 0 aromatic heterocycles. The first-order valence-electron chi connectivity index (χ1n) is 1.79. The molecule has 0 aliphatic rings. The van der Waals surface area contributed by atoms with E-state index < -0.39 is 0 Å². The zero-order chi connectivity index (χ0) is 4.12. The van der Waals surface area contributed by atoms with Crippen molar-refractivity contribution in [3.8, 4) is 0 Å². The molecule has 0 heterocycles. The van der Waals surface area contributed by atoms with Crippen LogP contribution in [0.3, 0.4) is 0 Å². The van der Waals surface area contributed by atoms with Gasteiger partial charge in [-0.3, -0.25) is 0 Å². The van der Waals surface area contributed by atoms with Crippen LogP contribution in [0.5, 0.6) is 0 Å². The fraction of sp³-hybridized carbons (Fsp3) is 0.750. The molecule has 0 unspecified atom stereocenters. The molecule has 0 saturated carbocycles. The number of hydrogen-bond donors (Lipinski definition) is 0. The molecule has 0 spiro atoms. The van der Waals surface area contributed by atoms with E-state index >= 15 is 0 Å². The Kier molecular flexibility index (Phi) is 4.65. The van der Waals surface area contributed by atoms with Crippen molar-refractivity contribution in [1.29, 1.82) is 0 Å². The van der Waals surface area contributed by atoms with Gasteiger partial charge in [-0.15, -0.1) is 0 Å². The summed E-state index contributed by atoms with van der Waals surface area (Å²) in [6.45, 7) is 3.61. The molecule has 0 saturated heterocycles. The Balaban J connectivity index is 2.19.